The summed E-state index contributed by atoms with van der Waals surface area (Å²) < 4.78 is 10.1. The average Bonchev–Trinajstić information content (AvgIpc) is 2.20. The molecule has 0 spiro atoms. The van der Waals surface area contributed by atoms with Gasteiger partial charge in [0.2, 0.25) is 0 Å². The number of hydrogen-bond acceptors (Lipinski definition) is 5. The minimum atomic E-state index is -0.932. The molecule has 0 amide bonds. The zero-order valence-corrected chi connectivity index (χ0v) is 8.79. The van der Waals surface area contributed by atoms with Crippen molar-refractivity contribution in [2.75, 3.05) is 6.61 Å². The van der Waals surface area contributed by atoms with Crippen molar-refractivity contribution in [3.63, 3.8) is 0 Å². The van der Waals surface area contributed by atoms with Gasteiger partial charge < -0.3 is 19.7 Å². The fourth-order valence-electron chi connectivity index (χ4n) is 1.20. The van der Waals surface area contributed by atoms with Crippen molar-refractivity contribution in [3.8, 4) is 0 Å². The summed E-state index contributed by atoms with van der Waals surface area (Å²) in [6.07, 6.45) is 0.205. The third-order valence-electron chi connectivity index (χ3n) is 2.14. The minimum Gasteiger partial charge on any atom is -0.492 e. The average molecular weight is 216 g/mol. The van der Waals surface area contributed by atoms with E-state index < -0.39 is 24.3 Å². The van der Waals surface area contributed by atoms with Gasteiger partial charge in [0.25, 0.3) is 0 Å². The molecule has 0 bridgehead atoms. The molecule has 5 nitrogen and oxygen atoms in total. The smallest absolute Gasteiger partial charge is 0.308 e. The van der Waals surface area contributed by atoms with Gasteiger partial charge in [0.05, 0.1) is 18.8 Å². The number of esters is 1. The predicted octanol–water partition coefficient (Wildman–Crippen LogP) is -0.180. The Bertz CT molecular complexity index is 248. The summed E-state index contributed by atoms with van der Waals surface area (Å²) in [5.41, 5.74) is 0. The highest BCUT2D eigenvalue weighted by atomic mass is 16.6. The van der Waals surface area contributed by atoms with Crippen molar-refractivity contribution in [1.29, 1.82) is 0 Å². The highest BCUT2D eigenvalue weighted by Crippen LogP contribution is 2.17. The molecule has 0 unspecified atom stereocenters. The monoisotopic (exact) mass is 216 g/mol. The van der Waals surface area contributed by atoms with E-state index in [0.717, 1.165) is 0 Å². The second-order valence-corrected chi connectivity index (χ2v) is 3.73. The molecule has 1 aliphatic heterocycles. The van der Waals surface area contributed by atoms with Crippen LogP contribution in [-0.4, -0.2) is 41.1 Å². The Morgan fingerprint density at radius 2 is 2.27 bits per heavy atom. The first kappa shape index (κ1) is 12.0. The number of hydrogen-bond donors (Lipinski definition) is 2. The Kier molecular flexibility index (Phi) is 4.11. The third kappa shape index (κ3) is 2.94. The zero-order valence-electron chi connectivity index (χ0n) is 8.79. The van der Waals surface area contributed by atoms with E-state index in [1.807, 2.05) is 0 Å². The quantitative estimate of drug-likeness (QED) is 0.640. The normalized spacial score (nSPS) is 30.1. The van der Waals surface area contributed by atoms with Crippen molar-refractivity contribution in [1.82, 2.24) is 0 Å². The van der Waals surface area contributed by atoms with Crippen LogP contribution in [0.4, 0.5) is 0 Å². The van der Waals surface area contributed by atoms with Gasteiger partial charge in [-0.2, -0.15) is 0 Å². The van der Waals surface area contributed by atoms with Crippen molar-refractivity contribution < 1.29 is 24.5 Å². The van der Waals surface area contributed by atoms with Crippen molar-refractivity contribution in [2.24, 2.45) is 5.92 Å². The molecule has 0 aliphatic carbocycles. The maximum Gasteiger partial charge on any atom is 0.308 e. The van der Waals surface area contributed by atoms with Crippen LogP contribution in [0, 0.1) is 5.92 Å². The summed E-state index contributed by atoms with van der Waals surface area (Å²) in [5, 5.41) is 18.5. The first-order valence-corrected chi connectivity index (χ1v) is 4.87. The molecule has 3 atom stereocenters. The Morgan fingerprint density at radius 3 is 2.80 bits per heavy atom. The lowest BCUT2D eigenvalue weighted by Crippen LogP contribution is -2.45. The summed E-state index contributed by atoms with van der Waals surface area (Å²) in [6.45, 7) is 3.09. The van der Waals surface area contributed by atoms with E-state index in [9.17, 15) is 9.90 Å². The second-order valence-electron chi connectivity index (χ2n) is 3.73. The van der Waals surface area contributed by atoms with Crippen LogP contribution in [0.25, 0.3) is 0 Å². The van der Waals surface area contributed by atoms with Gasteiger partial charge in [0, 0.05) is 0 Å². The number of aliphatic hydroxyl groups is 2. The summed E-state index contributed by atoms with van der Waals surface area (Å²) >= 11 is 0. The first-order valence-electron chi connectivity index (χ1n) is 4.87. The Morgan fingerprint density at radius 1 is 1.60 bits per heavy atom. The molecule has 0 radical (unpaired) electrons. The Balaban J connectivity index is 2.64. The van der Waals surface area contributed by atoms with Crippen LogP contribution in [0.3, 0.4) is 0 Å². The highest BCUT2D eigenvalue weighted by Gasteiger charge is 2.34. The summed E-state index contributed by atoms with van der Waals surface area (Å²) in [7, 11) is 0. The van der Waals surface area contributed by atoms with E-state index in [0.29, 0.717) is 0 Å². The summed E-state index contributed by atoms with van der Waals surface area (Å²) in [5.74, 6) is -0.696. The lowest BCUT2D eigenvalue weighted by molar-refractivity contribution is -0.170. The van der Waals surface area contributed by atoms with Crippen LogP contribution < -0.4 is 0 Å². The number of carbonyl (C=O) groups is 1. The molecule has 1 heterocycles. The molecular formula is C10H16O5. The Labute approximate surface area is 88.3 Å². The molecule has 0 saturated heterocycles. The molecule has 0 aromatic carbocycles. The van der Waals surface area contributed by atoms with E-state index in [-0.39, 0.29) is 12.5 Å². The fraction of sp³-hybridized carbons (Fsp3) is 0.700. The molecule has 86 valence electrons. The summed E-state index contributed by atoms with van der Waals surface area (Å²) in [4.78, 5) is 11.3. The van der Waals surface area contributed by atoms with Gasteiger partial charge >= 0.3 is 5.97 Å². The van der Waals surface area contributed by atoms with Crippen LogP contribution in [0.15, 0.2) is 12.3 Å². The van der Waals surface area contributed by atoms with Crippen LogP contribution in [0.5, 0.6) is 0 Å². The van der Waals surface area contributed by atoms with Gasteiger partial charge in [-0.15, -0.1) is 0 Å². The number of carbonyl (C=O) groups excluding carboxylic acids is 1. The van der Waals surface area contributed by atoms with E-state index in [1.54, 1.807) is 13.8 Å². The van der Waals surface area contributed by atoms with Gasteiger partial charge in [-0.3, -0.25) is 4.79 Å². The number of rotatable bonds is 3. The molecule has 1 rings (SSSR count). The summed E-state index contributed by atoms with van der Waals surface area (Å²) in [6, 6.07) is 0. The van der Waals surface area contributed by atoms with Gasteiger partial charge in [0.15, 0.2) is 12.2 Å². The van der Waals surface area contributed by atoms with Gasteiger partial charge in [0.1, 0.15) is 6.10 Å². The van der Waals surface area contributed by atoms with Gasteiger partial charge in [-0.05, 0) is 6.08 Å². The van der Waals surface area contributed by atoms with Gasteiger partial charge in [-0.1, -0.05) is 13.8 Å². The topological polar surface area (TPSA) is 76.0 Å². The SMILES string of the molecule is CC(C)C(=O)O[C@@H]1[C@H](O)C=CO[C@@H]1CO. The van der Waals surface area contributed by atoms with Gasteiger partial charge in [-0.25, -0.2) is 0 Å². The van der Waals surface area contributed by atoms with Crippen molar-refractivity contribution in [3.05, 3.63) is 12.3 Å². The molecule has 2 N–H and O–H groups in total. The van der Waals surface area contributed by atoms with Crippen molar-refractivity contribution in [2.45, 2.75) is 32.2 Å². The maximum absolute atomic E-state index is 11.3. The second kappa shape index (κ2) is 5.14. The van der Waals surface area contributed by atoms with E-state index in [1.165, 1.54) is 12.3 Å². The molecular weight excluding hydrogens is 200 g/mol. The largest absolute Gasteiger partial charge is 0.492 e. The lowest BCUT2D eigenvalue weighted by atomic mass is 10.1. The van der Waals surface area contributed by atoms with Crippen LogP contribution in [0.2, 0.25) is 0 Å². The fourth-order valence-corrected chi connectivity index (χ4v) is 1.20. The molecule has 5 heteroatoms. The molecule has 0 aromatic heterocycles. The van der Waals surface area contributed by atoms with Crippen LogP contribution in [0.1, 0.15) is 13.8 Å². The highest BCUT2D eigenvalue weighted by molar-refractivity contribution is 5.71. The lowest BCUT2D eigenvalue weighted by Gasteiger charge is -2.31. The zero-order chi connectivity index (χ0) is 11.4. The minimum absolute atomic E-state index is 0.276. The predicted molar refractivity (Wildman–Crippen MR) is 51.8 cm³/mol. The van der Waals surface area contributed by atoms with E-state index in [2.05, 4.69) is 0 Å². The number of aliphatic hydroxyl groups excluding tert-OH is 2. The van der Waals surface area contributed by atoms with Crippen LogP contribution in [-0.2, 0) is 14.3 Å². The molecule has 1 aliphatic rings. The maximum atomic E-state index is 11.3. The van der Waals surface area contributed by atoms with E-state index in [4.69, 9.17) is 14.6 Å². The molecule has 0 fully saturated rings. The van der Waals surface area contributed by atoms with Crippen molar-refractivity contribution >= 4 is 5.97 Å². The third-order valence-corrected chi connectivity index (χ3v) is 2.14. The molecule has 15 heavy (non-hydrogen) atoms. The first-order chi connectivity index (χ1) is 7.06. The standard InChI is InChI=1S/C10H16O5/c1-6(2)10(13)15-9-7(12)3-4-14-8(9)5-11/h3-4,6-9,11-12H,5H2,1-2H3/t7-,8-,9-/m1/s1. The van der Waals surface area contributed by atoms with Crippen LogP contribution >= 0.6 is 0 Å². The molecule has 0 aromatic rings. The Hall–Kier alpha value is -1.07. The molecule has 0 saturated carbocycles. The number of ether oxygens (including phenoxy) is 2. The van der Waals surface area contributed by atoms with E-state index >= 15 is 0 Å².